The first-order valence-corrected chi connectivity index (χ1v) is 24.0. The Hall–Kier alpha value is -8.97. The molecule has 0 N–H and O–H groups in total. The normalized spacial score (nSPS) is 12.1. The molecular formula is C63H36N4OS. The van der Waals surface area contributed by atoms with Crippen molar-refractivity contribution < 1.29 is 4.42 Å². The van der Waals surface area contributed by atoms with Crippen LogP contribution in [0.25, 0.3) is 147 Å². The first-order valence-electron chi connectivity index (χ1n) is 23.2. The summed E-state index contributed by atoms with van der Waals surface area (Å²) in [6, 6.07) is 78.2. The molecule has 0 aliphatic heterocycles. The van der Waals surface area contributed by atoms with Crippen LogP contribution in [0.3, 0.4) is 0 Å². The molecule has 0 aliphatic rings. The first kappa shape index (κ1) is 38.2. The number of aromatic nitrogens is 4. The largest absolute Gasteiger partial charge is 0.456 e. The third kappa shape index (κ3) is 6.06. The van der Waals surface area contributed by atoms with Gasteiger partial charge in [-0.1, -0.05) is 158 Å². The zero-order valence-corrected chi connectivity index (χ0v) is 37.7. The summed E-state index contributed by atoms with van der Waals surface area (Å²) in [5.41, 5.74) is 9.67. The number of rotatable bonds is 5. The third-order valence-corrected chi connectivity index (χ3v) is 15.1. The van der Waals surface area contributed by atoms with Crippen LogP contribution >= 0.6 is 11.3 Å². The second-order valence-electron chi connectivity index (χ2n) is 18.0. The van der Waals surface area contributed by atoms with E-state index >= 15 is 0 Å². The van der Waals surface area contributed by atoms with Gasteiger partial charge in [0.25, 0.3) is 0 Å². The van der Waals surface area contributed by atoms with Crippen molar-refractivity contribution in [2.75, 3.05) is 0 Å². The van der Waals surface area contributed by atoms with Gasteiger partial charge >= 0.3 is 0 Å². The molecule has 11 aromatic carbocycles. The number of thiophene rings is 1. The molecule has 6 heteroatoms. The van der Waals surface area contributed by atoms with Crippen molar-refractivity contribution in [3.63, 3.8) is 0 Å². The van der Waals surface area contributed by atoms with E-state index in [1.165, 1.54) is 52.5 Å². The minimum Gasteiger partial charge on any atom is -0.456 e. The maximum Gasteiger partial charge on any atom is 0.166 e. The minimum absolute atomic E-state index is 0.553. The summed E-state index contributed by atoms with van der Waals surface area (Å²) < 4.78 is 11.7. The number of nitrogens with zero attached hydrogens (tertiary/aromatic N) is 4. The van der Waals surface area contributed by atoms with E-state index < -0.39 is 0 Å². The van der Waals surface area contributed by atoms with Crippen molar-refractivity contribution in [2.24, 2.45) is 0 Å². The van der Waals surface area contributed by atoms with Gasteiger partial charge in [-0.3, -0.25) is 0 Å². The SMILES string of the molecule is c1ccc(-c2ccc(-c3nc(-c4ccc5c(c4)sc4ccccc45)nc(-c4cc5oc6cc7ccccc7cc6c5cc4-n4c5cc6ccccc6cc5c5cc6ccccc6cc54)n3)cc2)cc1. The van der Waals surface area contributed by atoms with Crippen LogP contribution in [0.4, 0.5) is 0 Å². The Morgan fingerprint density at radius 1 is 0.319 bits per heavy atom. The Labute approximate surface area is 398 Å². The van der Waals surface area contributed by atoms with E-state index in [0.717, 1.165) is 77.2 Å². The summed E-state index contributed by atoms with van der Waals surface area (Å²) in [6.45, 7) is 0. The molecule has 0 spiro atoms. The molecule has 5 nitrogen and oxygen atoms in total. The lowest BCUT2D eigenvalue weighted by Crippen LogP contribution is -2.04. The van der Waals surface area contributed by atoms with Gasteiger partial charge in [0.2, 0.25) is 0 Å². The van der Waals surface area contributed by atoms with Crippen LogP contribution in [0, 0.1) is 0 Å². The zero-order chi connectivity index (χ0) is 45.2. The Morgan fingerprint density at radius 2 is 0.797 bits per heavy atom. The van der Waals surface area contributed by atoms with E-state index in [1.54, 1.807) is 11.3 Å². The fraction of sp³-hybridized carbons (Fsp3) is 0. The number of fused-ring (bicyclic) bond motifs is 12. The Kier molecular flexibility index (Phi) is 8.17. The molecule has 0 unspecified atom stereocenters. The molecule has 0 aliphatic carbocycles. The molecule has 4 heterocycles. The van der Waals surface area contributed by atoms with E-state index in [1.807, 2.05) is 6.07 Å². The lowest BCUT2D eigenvalue weighted by Gasteiger charge is -2.16. The van der Waals surface area contributed by atoms with Crippen LogP contribution in [-0.2, 0) is 0 Å². The zero-order valence-electron chi connectivity index (χ0n) is 36.9. The molecule has 15 rings (SSSR count). The van der Waals surface area contributed by atoms with Gasteiger partial charge in [-0.25, -0.2) is 15.0 Å². The third-order valence-electron chi connectivity index (χ3n) is 14.0. The van der Waals surface area contributed by atoms with Gasteiger partial charge in [0.15, 0.2) is 17.5 Å². The average molecular weight is 897 g/mol. The molecule has 4 aromatic heterocycles. The van der Waals surface area contributed by atoms with Gasteiger partial charge in [-0.15, -0.1) is 11.3 Å². The van der Waals surface area contributed by atoms with Crippen molar-refractivity contribution in [3.05, 3.63) is 218 Å². The summed E-state index contributed by atoms with van der Waals surface area (Å²) in [6.07, 6.45) is 0. The number of hydrogen-bond acceptors (Lipinski definition) is 5. The van der Waals surface area contributed by atoms with Crippen LogP contribution in [-0.4, -0.2) is 19.5 Å². The van der Waals surface area contributed by atoms with Crippen LogP contribution in [0.15, 0.2) is 223 Å². The van der Waals surface area contributed by atoms with E-state index in [-0.39, 0.29) is 0 Å². The molecule has 320 valence electrons. The van der Waals surface area contributed by atoms with E-state index in [0.29, 0.717) is 17.5 Å². The Balaban J connectivity index is 1.05. The smallest absolute Gasteiger partial charge is 0.166 e. The highest BCUT2D eigenvalue weighted by molar-refractivity contribution is 7.25. The van der Waals surface area contributed by atoms with E-state index in [9.17, 15) is 0 Å². The molecule has 0 saturated heterocycles. The predicted molar refractivity (Wildman–Crippen MR) is 289 cm³/mol. The van der Waals surface area contributed by atoms with Crippen molar-refractivity contribution in [1.29, 1.82) is 0 Å². The number of benzene rings is 11. The quantitative estimate of drug-likeness (QED) is 0.173. The molecule has 0 bridgehead atoms. The highest BCUT2D eigenvalue weighted by atomic mass is 32.1. The summed E-state index contributed by atoms with van der Waals surface area (Å²) in [5.74, 6) is 1.74. The standard InChI is InChI=1S/C63H36N4OS/c1-2-12-37(13-3-1)38-22-24-39(25-23-38)61-64-62(46-26-27-48-47-20-10-11-21-59(47)69-60(48)34-46)66-63(65-61)53-36-58-52(51-30-42-16-6-9-19-45(42)33-57(51)68-58)35-56(53)67-54-31-43-17-7-4-14-40(43)28-49(54)50-29-41-15-5-8-18-44(41)32-55(50)67/h1-36H. The summed E-state index contributed by atoms with van der Waals surface area (Å²) >= 11 is 1.79. The Morgan fingerprint density at radius 3 is 1.48 bits per heavy atom. The van der Waals surface area contributed by atoms with Crippen molar-refractivity contribution in [1.82, 2.24) is 19.5 Å². The molecule has 15 aromatic rings. The average Bonchev–Trinajstić information content (AvgIpc) is 4.06. The first-order chi connectivity index (χ1) is 34.1. The van der Waals surface area contributed by atoms with E-state index in [4.69, 9.17) is 19.4 Å². The summed E-state index contributed by atoms with van der Waals surface area (Å²) in [4.78, 5) is 16.3. The van der Waals surface area contributed by atoms with Crippen LogP contribution in [0.2, 0.25) is 0 Å². The lowest BCUT2D eigenvalue weighted by atomic mass is 10.0. The second kappa shape index (κ2) is 14.8. The molecule has 0 saturated carbocycles. The van der Waals surface area contributed by atoms with E-state index in [2.05, 4.69) is 217 Å². The van der Waals surface area contributed by atoms with Crippen molar-refractivity contribution >= 4 is 108 Å². The molecule has 69 heavy (non-hydrogen) atoms. The van der Waals surface area contributed by atoms with Crippen LogP contribution in [0.5, 0.6) is 0 Å². The topological polar surface area (TPSA) is 56.7 Å². The van der Waals surface area contributed by atoms with Crippen molar-refractivity contribution in [2.45, 2.75) is 0 Å². The van der Waals surface area contributed by atoms with Crippen molar-refractivity contribution in [3.8, 4) is 51.0 Å². The van der Waals surface area contributed by atoms with Crippen LogP contribution in [0.1, 0.15) is 0 Å². The molecule has 0 amide bonds. The molecule has 0 atom stereocenters. The van der Waals surface area contributed by atoms with Gasteiger partial charge in [-0.05, 0) is 104 Å². The summed E-state index contributed by atoms with van der Waals surface area (Å²) in [5, 5.41) is 13.9. The molecule has 0 fully saturated rings. The molecule has 0 radical (unpaired) electrons. The minimum atomic E-state index is 0.553. The highest BCUT2D eigenvalue weighted by Crippen LogP contribution is 2.44. The maximum absolute atomic E-state index is 6.87. The van der Waals surface area contributed by atoms with Gasteiger partial charge < -0.3 is 8.98 Å². The molecular weight excluding hydrogens is 861 g/mol. The Bertz CT molecular complexity index is 4510. The van der Waals surface area contributed by atoms with Gasteiger partial charge in [0, 0.05) is 58.4 Å². The second-order valence-corrected chi connectivity index (χ2v) is 19.1. The fourth-order valence-corrected chi connectivity index (χ4v) is 11.7. The van der Waals surface area contributed by atoms with Gasteiger partial charge in [-0.2, -0.15) is 0 Å². The fourth-order valence-electron chi connectivity index (χ4n) is 10.6. The van der Waals surface area contributed by atoms with Gasteiger partial charge in [0.1, 0.15) is 11.2 Å². The summed E-state index contributed by atoms with van der Waals surface area (Å²) in [7, 11) is 0. The van der Waals surface area contributed by atoms with Crippen LogP contribution < -0.4 is 0 Å². The predicted octanol–water partition coefficient (Wildman–Crippen LogP) is 17.4. The lowest BCUT2D eigenvalue weighted by molar-refractivity contribution is 0.669. The number of hydrogen-bond donors (Lipinski definition) is 0. The van der Waals surface area contributed by atoms with Gasteiger partial charge in [0.05, 0.1) is 16.7 Å². The monoisotopic (exact) mass is 896 g/mol. The number of furan rings is 1. The maximum atomic E-state index is 6.87. The highest BCUT2D eigenvalue weighted by Gasteiger charge is 2.24.